The monoisotopic (exact) mass is 417 g/mol. The Balaban J connectivity index is 1.63. The molecule has 0 unspecified atom stereocenters. The summed E-state index contributed by atoms with van der Waals surface area (Å²) in [6.45, 7) is 0. The Morgan fingerprint density at radius 2 is 1.83 bits per heavy atom. The first-order valence-electron chi connectivity index (χ1n) is 9.77. The van der Waals surface area contributed by atoms with Gasteiger partial charge >= 0.3 is 0 Å². The molecular formula is C23H19N3O3S. The normalized spacial score (nSPS) is 20.5. The number of hydrogen-bond donors (Lipinski definition) is 2. The number of allylic oxidation sites excluding steroid dienone is 1. The van der Waals surface area contributed by atoms with Crippen molar-refractivity contribution in [1.29, 1.82) is 0 Å². The van der Waals surface area contributed by atoms with Gasteiger partial charge in [0.2, 0.25) is 0 Å². The molecule has 0 fully saturated rings. The minimum atomic E-state index is -0.451. The minimum absolute atomic E-state index is 0.0154. The van der Waals surface area contributed by atoms with Gasteiger partial charge in [0.15, 0.2) is 5.78 Å². The van der Waals surface area contributed by atoms with E-state index in [1.807, 2.05) is 41.8 Å². The molecule has 1 aliphatic heterocycles. The van der Waals surface area contributed by atoms with Crippen molar-refractivity contribution in [1.82, 2.24) is 0 Å². The van der Waals surface area contributed by atoms with Gasteiger partial charge in [0, 0.05) is 40.6 Å². The number of para-hydroxylation sites is 2. The number of non-ortho nitro benzene ring substituents is 1. The minimum Gasteiger partial charge on any atom is -0.372 e. The summed E-state index contributed by atoms with van der Waals surface area (Å²) < 4.78 is 0. The third-order valence-corrected chi connectivity index (χ3v) is 6.70. The zero-order valence-electron chi connectivity index (χ0n) is 16.0. The van der Waals surface area contributed by atoms with E-state index in [2.05, 4.69) is 16.7 Å². The molecule has 30 heavy (non-hydrogen) atoms. The third-order valence-electron chi connectivity index (χ3n) is 5.67. The van der Waals surface area contributed by atoms with Crippen LogP contribution in [0.1, 0.15) is 35.2 Å². The molecule has 0 saturated carbocycles. The molecule has 0 radical (unpaired) electrons. The van der Waals surface area contributed by atoms with Crippen molar-refractivity contribution >= 4 is 34.2 Å². The SMILES string of the molecule is O=C1C[C@@H](c2cccs2)CC2=C1[C@@H](c1cccc([N+](=O)[O-])c1)Nc1ccccc1N2. The summed E-state index contributed by atoms with van der Waals surface area (Å²) in [6.07, 6.45) is 1.16. The van der Waals surface area contributed by atoms with Gasteiger partial charge in [0.1, 0.15) is 0 Å². The van der Waals surface area contributed by atoms with Crippen molar-refractivity contribution in [3.63, 3.8) is 0 Å². The van der Waals surface area contributed by atoms with Gasteiger partial charge in [-0.05, 0) is 35.6 Å². The van der Waals surface area contributed by atoms with E-state index in [-0.39, 0.29) is 17.4 Å². The molecule has 2 atom stereocenters. The van der Waals surface area contributed by atoms with Crippen LogP contribution in [0.3, 0.4) is 0 Å². The molecule has 6 nitrogen and oxygen atoms in total. The molecule has 2 heterocycles. The van der Waals surface area contributed by atoms with Crippen molar-refractivity contribution in [3.8, 4) is 0 Å². The van der Waals surface area contributed by atoms with Gasteiger partial charge in [-0.1, -0.05) is 30.3 Å². The van der Waals surface area contributed by atoms with Crippen LogP contribution in [-0.2, 0) is 4.79 Å². The lowest BCUT2D eigenvalue weighted by atomic mass is 9.81. The molecule has 2 N–H and O–H groups in total. The largest absolute Gasteiger partial charge is 0.372 e. The Labute approximate surface area is 177 Å². The number of nitro groups is 1. The van der Waals surface area contributed by atoms with Crippen molar-refractivity contribution < 1.29 is 9.72 Å². The van der Waals surface area contributed by atoms with Gasteiger partial charge < -0.3 is 10.6 Å². The molecule has 150 valence electrons. The average Bonchev–Trinajstić information content (AvgIpc) is 3.23. The van der Waals surface area contributed by atoms with Gasteiger partial charge in [-0.25, -0.2) is 0 Å². The lowest BCUT2D eigenvalue weighted by Gasteiger charge is -2.29. The zero-order chi connectivity index (χ0) is 20.7. The molecule has 7 heteroatoms. The van der Waals surface area contributed by atoms with E-state index in [9.17, 15) is 14.9 Å². The first-order valence-corrected chi connectivity index (χ1v) is 10.6. The maximum Gasteiger partial charge on any atom is 0.269 e. The fourth-order valence-electron chi connectivity index (χ4n) is 4.29. The van der Waals surface area contributed by atoms with E-state index in [1.165, 1.54) is 10.9 Å². The van der Waals surface area contributed by atoms with Gasteiger partial charge in [0.25, 0.3) is 5.69 Å². The van der Waals surface area contributed by atoms with E-state index in [4.69, 9.17) is 0 Å². The quantitative estimate of drug-likeness (QED) is 0.426. The first kappa shape index (κ1) is 18.6. The van der Waals surface area contributed by atoms with Crippen LogP contribution in [0, 0.1) is 10.1 Å². The Hall–Kier alpha value is -3.45. The van der Waals surface area contributed by atoms with E-state index in [0.717, 1.165) is 23.5 Å². The van der Waals surface area contributed by atoms with Gasteiger partial charge in [0.05, 0.1) is 22.3 Å². The number of nitro benzene ring substituents is 1. The number of nitrogens with one attached hydrogen (secondary N) is 2. The van der Waals surface area contributed by atoms with E-state index < -0.39 is 11.0 Å². The first-order chi connectivity index (χ1) is 14.6. The predicted molar refractivity (Wildman–Crippen MR) is 118 cm³/mol. The summed E-state index contributed by atoms with van der Waals surface area (Å²) in [5.41, 5.74) is 4.04. The molecule has 0 amide bonds. The van der Waals surface area contributed by atoms with Crippen molar-refractivity contribution in [2.45, 2.75) is 24.8 Å². The Morgan fingerprint density at radius 1 is 1.00 bits per heavy atom. The number of nitrogens with zero attached hydrogens (tertiary/aromatic N) is 1. The fraction of sp³-hybridized carbons (Fsp3) is 0.174. The lowest BCUT2D eigenvalue weighted by molar-refractivity contribution is -0.384. The van der Waals surface area contributed by atoms with Gasteiger partial charge in [-0.15, -0.1) is 11.3 Å². The average molecular weight is 417 g/mol. The van der Waals surface area contributed by atoms with Crippen molar-refractivity contribution in [2.24, 2.45) is 0 Å². The number of ketones is 1. The molecule has 1 aromatic heterocycles. The van der Waals surface area contributed by atoms with E-state index >= 15 is 0 Å². The highest BCUT2D eigenvalue weighted by atomic mass is 32.1. The number of carbonyl (C=O) groups is 1. The van der Waals surface area contributed by atoms with E-state index in [1.54, 1.807) is 23.5 Å². The summed E-state index contributed by atoms with van der Waals surface area (Å²) in [6, 6.07) is 18.0. The smallest absolute Gasteiger partial charge is 0.269 e. The van der Waals surface area contributed by atoms with Crippen LogP contribution in [0.15, 0.2) is 77.3 Å². The van der Waals surface area contributed by atoms with Crippen LogP contribution in [0.25, 0.3) is 0 Å². The number of Topliss-reactive ketones (excluding diaryl/α,β-unsaturated/α-hetero) is 1. The number of fused-ring (bicyclic) bond motifs is 1. The second-order valence-corrected chi connectivity index (χ2v) is 8.52. The lowest BCUT2D eigenvalue weighted by Crippen LogP contribution is -2.26. The van der Waals surface area contributed by atoms with Gasteiger partial charge in [-0.3, -0.25) is 14.9 Å². The summed E-state index contributed by atoms with van der Waals surface area (Å²) in [7, 11) is 0. The molecule has 3 aromatic rings. The molecule has 1 aliphatic carbocycles. The molecule has 0 spiro atoms. The predicted octanol–water partition coefficient (Wildman–Crippen LogP) is 5.64. The highest BCUT2D eigenvalue weighted by molar-refractivity contribution is 7.10. The van der Waals surface area contributed by atoms with Crippen LogP contribution in [-0.4, -0.2) is 10.7 Å². The standard InChI is InChI=1S/C23H19N3O3S/c27-20-13-15(21-9-4-10-30-21)12-19-22(20)23(14-5-3-6-16(11-14)26(28)29)25-18-8-2-1-7-17(18)24-19/h1-11,15,23-25H,12-13H2/t15-,23+/m0/s1. The summed E-state index contributed by atoms with van der Waals surface area (Å²) >= 11 is 1.67. The molecule has 5 rings (SSSR count). The number of benzene rings is 2. The Morgan fingerprint density at radius 3 is 2.60 bits per heavy atom. The Bertz CT molecular complexity index is 1170. The van der Waals surface area contributed by atoms with Crippen LogP contribution < -0.4 is 10.6 Å². The number of hydrogen-bond acceptors (Lipinski definition) is 6. The zero-order valence-corrected chi connectivity index (χ0v) is 16.8. The molecule has 0 bridgehead atoms. The van der Waals surface area contributed by atoms with Crippen molar-refractivity contribution in [2.75, 3.05) is 10.6 Å². The topological polar surface area (TPSA) is 84.3 Å². The van der Waals surface area contributed by atoms with Crippen molar-refractivity contribution in [3.05, 3.63) is 97.9 Å². The number of anilines is 2. The highest BCUT2D eigenvalue weighted by Gasteiger charge is 2.36. The molecule has 2 aromatic carbocycles. The van der Waals surface area contributed by atoms with Crippen LogP contribution in [0.4, 0.5) is 17.1 Å². The second kappa shape index (κ2) is 7.42. The number of thiophene rings is 1. The van der Waals surface area contributed by atoms with Gasteiger partial charge in [-0.2, -0.15) is 0 Å². The molecule has 2 aliphatic rings. The number of rotatable bonds is 3. The summed E-state index contributed by atoms with van der Waals surface area (Å²) in [5.74, 6) is 0.207. The third kappa shape index (κ3) is 3.27. The maximum atomic E-state index is 13.4. The summed E-state index contributed by atoms with van der Waals surface area (Å²) in [4.78, 5) is 25.5. The second-order valence-electron chi connectivity index (χ2n) is 7.54. The van der Waals surface area contributed by atoms with Crippen LogP contribution in [0.2, 0.25) is 0 Å². The fourth-order valence-corrected chi connectivity index (χ4v) is 5.12. The molecule has 0 saturated heterocycles. The van der Waals surface area contributed by atoms with Crippen LogP contribution >= 0.6 is 11.3 Å². The number of carbonyl (C=O) groups excluding carboxylic acids is 1. The maximum absolute atomic E-state index is 13.4. The van der Waals surface area contributed by atoms with E-state index in [0.29, 0.717) is 17.6 Å². The van der Waals surface area contributed by atoms with Crippen LogP contribution in [0.5, 0.6) is 0 Å². The summed E-state index contributed by atoms with van der Waals surface area (Å²) in [5, 5.41) is 20.3. The highest BCUT2D eigenvalue weighted by Crippen LogP contribution is 2.45. The molecular weight excluding hydrogens is 398 g/mol. The Kier molecular flexibility index (Phi) is 4.59.